The summed E-state index contributed by atoms with van der Waals surface area (Å²) in [6.45, 7) is 2.37. The maximum Gasteiger partial charge on any atom is 0.336 e. The van der Waals surface area contributed by atoms with Crippen molar-refractivity contribution in [2.75, 3.05) is 6.54 Å². The minimum Gasteiger partial charge on any atom is -0.273 e. The van der Waals surface area contributed by atoms with Crippen LogP contribution in [0.4, 0.5) is 0 Å². The van der Waals surface area contributed by atoms with Crippen LogP contribution in [0.5, 0.6) is 0 Å². The monoisotopic (exact) mass is 165 g/mol. The molecule has 1 heterocycles. The van der Waals surface area contributed by atoms with Crippen molar-refractivity contribution in [2.24, 2.45) is 0 Å². The average Bonchev–Trinajstić information content (AvgIpc) is 1.57. The lowest BCUT2D eigenvalue weighted by Crippen LogP contribution is -2.50. The molecule has 1 aliphatic heterocycles. The Morgan fingerprint density at radius 1 is 1.70 bits per heavy atom. The predicted molar refractivity (Wildman–Crippen MR) is 37.0 cm³/mol. The first kappa shape index (κ1) is 7.97. The molecule has 1 N–H and O–H groups in total. The van der Waals surface area contributed by atoms with Crippen molar-refractivity contribution in [1.29, 1.82) is 0 Å². The zero-order valence-electron chi connectivity index (χ0n) is 5.82. The summed E-state index contributed by atoms with van der Waals surface area (Å²) in [4.78, 5) is 0. The first-order valence-electron chi connectivity index (χ1n) is 3.30. The second-order valence-corrected chi connectivity index (χ2v) is 3.80. The third kappa shape index (κ3) is 1.31. The van der Waals surface area contributed by atoms with Crippen molar-refractivity contribution in [3.8, 4) is 0 Å². The van der Waals surface area contributed by atoms with Crippen molar-refractivity contribution >= 4 is 10.3 Å². The summed E-state index contributed by atoms with van der Waals surface area (Å²) in [6.07, 6.45) is 1.65. The molecule has 0 amide bonds. The molecule has 5 heteroatoms. The van der Waals surface area contributed by atoms with Crippen molar-refractivity contribution < 1.29 is 13.0 Å². The zero-order chi connectivity index (χ0) is 7.78. The van der Waals surface area contributed by atoms with Gasteiger partial charge in [0.1, 0.15) is 0 Å². The molecule has 0 radical (unpaired) electrons. The van der Waals surface area contributed by atoms with Gasteiger partial charge in [-0.1, -0.05) is 6.92 Å². The van der Waals surface area contributed by atoms with Crippen LogP contribution in [-0.2, 0) is 10.3 Å². The number of nitrogens with zero attached hydrogens (tertiary/aromatic N) is 1. The molecule has 4 nitrogen and oxygen atoms in total. The molecule has 0 aromatic heterocycles. The summed E-state index contributed by atoms with van der Waals surface area (Å²) in [5.41, 5.74) is 0. The lowest BCUT2D eigenvalue weighted by molar-refractivity contribution is 0.175. The van der Waals surface area contributed by atoms with Gasteiger partial charge in [0, 0.05) is 12.6 Å². The van der Waals surface area contributed by atoms with Crippen molar-refractivity contribution in [2.45, 2.75) is 25.8 Å². The van der Waals surface area contributed by atoms with Crippen molar-refractivity contribution in [1.82, 2.24) is 4.31 Å². The molecule has 0 saturated carbocycles. The topological polar surface area (TPSA) is 57.6 Å². The highest BCUT2D eigenvalue weighted by atomic mass is 32.2. The second kappa shape index (κ2) is 2.48. The van der Waals surface area contributed by atoms with Crippen LogP contribution in [0.3, 0.4) is 0 Å². The Morgan fingerprint density at radius 3 is 2.40 bits per heavy atom. The summed E-state index contributed by atoms with van der Waals surface area (Å²) >= 11 is 0. The molecule has 1 saturated heterocycles. The first-order valence-corrected chi connectivity index (χ1v) is 4.69. The highest BCUT2D eigenvalue weighted by Gasteiger charge is 2.34. The Hall–Kier alpha value is -0.130. The van der Waals surface area contributed by atoms with Crippen LogP contribution < -0.4 is 0 Å². The van der Waals surface area contributed by atoms with Crippen LogP contribution in [0.2, 0.25) is 0 Å². The number of hydrogen-bond acceptors (Lipinski definition) is 2. The highest BCUT2D eigenvalue weighted by Crippen LogP contribution is 2.22. The SMILES string of the molecule is CCC1CCN1S(=O)(=O)O. The second-order valence-electron chi connectivity index (χ2n) is 2.44. The van der Waals surface area contributed by atoms with Gasteiger partial charge in [0.15, 0.2) is 0 Å². The van der Waals surface area contributed by atoms with E-state index < -0.39 is 10.3 Å². The van der Waals surface area contributed by atoms with Gasteiger partial charge in [-0.2, -0.15) is 12.7 Å². The number of rotatable bonds is 2. The van der Waals surface area contributed by atoms with Gasteiger partial charge < -0.3 is 0 Å². The van der Waals surface area contributed by atoms with E-state index in [-0.39, 0.29) is 6.04 Å². The molecule has 10 heavy (non-hydrogen) atoms. The Morgan fingerprint density at radius 2 is 2.30 bits per heavy atom. The Bertz CT molecular complexity index is 209. The molecule has 0 aliphatic carbocycles. The molecule has 60 valence electrons. The van der Waals surface area contributed by atoms with Gasteiger partial charge in [-0.05, 0) is 12.8 Å². The zero-order valence-corrected chi connectivity index (χ0v) is 6.63. The summed E-state index contributed by atoms with van der Waals surface area (Å²) in [7, 11) is -3.89. The van der Waals surface area contributed by atoms with Gasteiger partial charge >= 0.3 is 10.3 Å². The van der Waals surface area contributed by atoms with Crippen molar-refractivity contribution in [3.63, 3.8) is 0 Å². The molecule has 1 rings (SSSR count). The van der Waals surface area contributed by atoms with Crippen LogP contribution in [0.25, 0.3) is 0 Å². The third-order valence-corrected chi connectivity index (χ3v) is 2.93. The smallest absolute Gasteiger partial charge is 0.273 e. The molecule has 0 bridgehead atoms. The van der Waals surface area contributed by atoms with Gasteiger partial charge in [-0.3, -0.25) is 4.55 Å². The number of hydrogen-bond donors (Lipinski definition) is 1. The normalized spacial score (nSPS) is 28.0. The summed E-state index contributed by atoms with van der Waals surface area (Å²) in [6, 6.07) is 0.0370. The van der Waals surface area contributed by atoms with Gasteiger partial charge in [0.25, 0.3) is 0 Å². The van der Waals surface area contributed by atoms with E-state index in [1.165, 1.54) is 0 Å². The van der Waals surface area contributed by atoms with Gasteiger partial charge in [-0.25, -0.2) is 0 Å². The van der Waals surface area contributed by atoms with E-state index in [0.717, 1.165) is 17.1 Å². The summed E-state index contributed by atoms with van der Waals surface area (Å²) in [5.74, 6) is 0. The molecule has 1 unspecified atom stereocenters. The summed E-state index contributed by atoms with van der Waals surface area (Å²) in [5, 5.41) is 0. The maximum atomic E-state index is 10.5. The average molecular weight is 165 g/mol. The maximum absolute atomic E-state index is 10.5. The van der Waals surface area contributed by atoms with E-state index in [9.17, 15) is 8.42 Å². The molecule has 1 fully saturated rings. The van der Waals surface area contributed by atoms with E-state index in [1.807, 2.05) is 6.92 Å². The predicted octanol–water partition coefficient (Wildman–Crippen LogP) is 0.274. The van der Waals surface area contributed by atoms with E-state index in [1.54, 1.807) is 0 Å². The van der Waals surface area contributed by atoms with Crippen LogP contribution in [0.15, 0.2) is 0 Å². The standard InChI is InChI=1S/C5H11NO3S/c1-2-5-3-4-6(5)10(7,8)9/h5H,2-4H2,1H3,(H,7,8,9). The minimum absolute atomic E-state index is 0.0370. The van der Waals surface area contributed by atoms with E-state index >= 15 is 0 Å². The van der Waals surface area contributed by atoms with Gasteiger partial charge in [-0.15, -0.1) is 0 Å². The molecule has 1 atom stereocenters. The Kier molecular flexibility index (Phi) is 1.98. The lowest BCUT2D eigenvalue weighted by atomic mass is 10.1. The fourth-order valence-corrected chi connectivity index (χ4v) is 2.10. The largest absolute Gasteiger partial charge is 0.336 e. The van der Waals surface area contributed by atoms with Gasteiger partial charge in [0.2, 0.25) is 0 Å². The van der Waals surface area contributed by atoms with Crippen LogP contribution in [-0.4, -0.2) is 29.9 Å². The molecular formula is C5H11NO3S. The molecule has 0 aromatic rings. The molecule has 0 aromatic carbocycles. The highest BCUT2D eigenvalue weighted by molar-refractivity contribution is 7.83. The van der Waals surface area contributed by atoms with Crippen LogP contribution in [0, 0.1) is 0 Å². The van der Waals surface area contributed by atoms with Crippen LogP contribution in [0.1, 0.15) is 19.8 Å². The first-order chi connectivity index (χ1) is 4.55. The lowest BCUT2D eigenvalue weighted by Gasteiger charge is -2.36. The molecular weight excluding hydrogens is 154 g/mol. The van der Waals surface area contributed by atoms with E-state index in [4.69, 9.17) is 4.55 Å². The van der Waals surface area contributed by atoms with E-state index in [2.05, 4.69) is 0 Å². The Balaban J connectivity index is 2.60. The van der Waals surface area contributed by atoms with Gasteiger partial charge in [0.05, 0.1) is 0 Å². The quantitative estimate of drug-likeness (QED) is 0.598. The minimum atomic E-state index is -3.89. The Labute approximate surface area is 60.7 Å². The van der Waals surface area contributed by atoms with Crippen LogP contribution >= 0.6 is 0 Å². The third-order valence-electron chi connectivity index (χ3n) is 1.86. The fraction of sp³-hybridized carbons (Fsp3) is 1.00. The fourth-order valence-electron chi connectivity index (χ4n) is 1.13. The summed E-state index contributed by atoms with van der Waals surface area (Å²) < 4.78 is 30.6. The molecule has 0 spiro atoms. The van der Waals surface area contributed by atoms with Crippen molar-refractivity contribution in [3.05, 3.63) is 0 Å². The molecule has 1 aliphatic rings. The van der Waals surface area contributed by atoms with E-state index in [0.29, 0.717) is 6.54 Å².